The van der Waals surface area contributed by atoms with Gasteiger partial charge in [0.15, 0.2) is 0 Å². The van der Waals surface area contributed by atoms with Gasteiger partial charge < -0.3 is 4.98 Å². The lowest BCUT2D eigenvalue weighted by Gasteiger charge is -1.95. The Bertz CT molecular complexity index is 438. The first-order valence-corrected chi connectivity index (χ1v) is 4.80. The van der Waals surface area contributed by atoms with E-state index in [0.29, 0.717) is 0 Å². The van der Waals surface area contributed by atoms with E-state index in [9.17, 15) is 0 Å². The number of nitrogens with one attached hydrogen (secondary N) is 1. The molecule has 0 spiro atoms. The Labute approximate surface area is 78.8 Å². The molecule has 0 aliphatic heterocycles. The smallest absolute Gasteiger partial charge is 0.0461 e. The molecule has 1 heteroatoms. The zero-order valence-electron chi connectivity index (χ0n) is 8.44. The van der Waals surface area contributed by atoms with Crippen LogP contribution in [-0.2, 0) is 6.42 Å². The van der Waals surface area contributed by atoms with Crippen molar-refractivity contribution in [2.45, 2.75) is 27.2 Å². The van der Waals surface area contributed by atoms with Gasteiger partial charge in [-0.2, -0.15) is 0 Å². The van der Waals surface area contributed by atoms with Crippen LogP contribution in [0.4, 0.5) is 0 Å². The quantitative estimate of drug-likeness (QED) is 0.680. The van der Waals surface area contributed by atoms with Crippen molar-refractivity contribution in [2.24, 2.45) is 0 Å². The van der Waals surface area contributed by atoms with Crippen LogP contribution in [-0.4, -0.2) is 4.98 Å². The normalized spacial score (nSPS) is 11.0. The molecule has 0 amide bonds. The summed E-state index contributed by atoms with van der Waals surface area (Å²) in [5, 5.41) is 1.38. The Hall–Kier alpha value is -1.24. The number of H-pyrrole nitrogens is 1. The van der Waals surface area contributed by atoms with Crippen molar-refractivity contribution in [2.75, 3.05) is 0 Å². The number of aryl methyl sites for hydroxylation is 3. The van der Waals surface area contributed by atoms with E-state index in [1.807, 2.05) is 0 Å². The zero-order valence-corrected chi connectivity index (χ0v) is 8.44. The highest BCUT2D eigenvalue weighted by atomic mass is 14.7. The van der Waals surface area contributed by atoms with E-state index in [4.69, 9.17) is 0 Å². The SMILES string of the molecule is CCc1c(C)[nH]c2cc(C)ccc12. The Balaban J connectivity index is 2.79. The summed E-state index contributed by atoms with van der Waals surface area (Å²) in [6.07, 6.45) is 1.11. The Morgan fingerprint density at radius 1 is 1.23 bits per heavy atom. The number of hydrogen-bond donors (Lipinski definition) is 1. The number of rotatable bonds is 1. The second-order valence-corrected chi connectivity index (χ2v) is 3.63. The van der Waals surface area contributed by atoms with Gasteiger partial charge in [0.05, 0.1) is 0 Å². The van der Waals surface area contributed by atoms with E-state index in [1.54, 1.807) is 0 Å². The molecule has 1 aromatic heterocycles. The van der Waals surface area contributed by atoms with Crippen molar-refractivity contribution in [1.29, 1.82) is 0 Å². The largest absolute Gasteiger partial charge is 0.358 e. The summed E-state index contributed by atoms with van der Waals surface area (Å²) in [5.74, 6) is 0. The average Bonchev–Trinajstić information content (AvgIpc) is 2.39. The van der Waals surface area contributed by atoms with Gasteiger partial charge in [0.25, 0.3) is 0 Å². The second kappa shape index (κ2) is 2.91. The maximum absolute atomic E-state index is 3.42. The molecule has 0 saturated carbocycles. The molecule has 68 valence electrons. The molecule has 1 aromatic carbocycles. The molecule has 0 radical (unpaired) electrons. The molecule has 1 N–H and O–H groups in total. The molecule has 0 aliphatic rings. The summed E-state index contributed by atoms with van der Waals surface area (Å²) in [6.45, 7) is 6.48. The highest BCUT2D eigenvalue weighted by Gasteiger charge is 2.05. The van der Waals surface area contributed by atoms with E-state index in [0.717, 1.165) is 6.42 Å². The van der Waals surface area contributed by atoms with Gasteiger partial charge in [-0.05, 0) is 37.5 Å². The first kappa shape index (κ1) is 8.36. The van der Waals surface area contributed by atoms with E-state index in [-0.39, 0.29) is 0 Å². The van der Waals surface area contributed by atoms with Crippen molar-refractivity contribution in [3.63, 3.8) is 0 Å². The molecule has 1 heterocycles. The van der Waals surface area contributed by atoms with Crippen LogP contribution < -0.4 is 0 Å². The first-order valence-electron chi connectivity index (χ1n) is 4.80. The molecule has 0 bridgehead atoms. The van der Waals surface area contributed by atoms with Gasteiger partial charge in [-0.3, -0.25) is 0 Å². The Morgan fingerprint density at radius 3 is 2.69 bits per heavy atom. The third kappa shape index (κ3) is 1.24. The molecule has 0 saturated heterocycles. The maximum atomic E-state index is 3.42. The van der Waals surface area contributed by atoms with Crippen molar-refractivity contribution < 1.29 is 0 Å². The van der Waals surface area contributed by atoms with Gasteiger partial charge in [0, 0.05) is 16.6 Å². The van der Waals surface area contributed by atoms with Gasteiger partial charge in [0.1, 0.15) is 0 Å². The van der Waals surface area contributed by atoms with Crippen LogP contribution >= 0.6 is 0 Å². The monoisotopic (exact) mass is 173 g/mol. The number of aromatic amines is 1. The number of benzene rings is 1. The van der Waals surface area contributed by atoms with E-state index < -0.39 is 0 Å². The van der Waals surface area contributed by atoms with Gasteiger partial charge in [-0.25, -0.2) is 0 Å². The minimum atomic E-state index is 1.11. The molecule has 0 unspecified atom stereocenters. The zero-order chi connectivity index (χ0) is 9.42. The van der Waals surface area contributed by atoms with Gasteiger partial charge in [0.2, 0.25) is 0 Å². The van der Waals surface area contributed by atoms with Crippen LogP contribution in [0.1, 0.15) is 23.7 Å². The molecule has 1 nitrogen and oxygen atoms in total. The van der Waals surface area contributed by atoms with Crippen LogP contribution in [0.5, 0.6) is 0 Å². The van der Waals surface area contributed by atoms with Crippen LogP contribution in [0, 0.1) is 13.8 Å². The average molecular weight is 173 g/mol. The minimum absolute atomic E-state index is 1.11. The molecule has 13 heavy (non-hydrogen) atoms. The van der Waals surface area contributed by atoms with Gasteiger partial charge in [-0.1, -0.05) is 19.1 Å². The summed E-state index contributed by atoms with van der Waals surface area (Å²) in [7, 11) is 0. The lowest BCUT2D eigenvalue weighted by molar-refractivity contribution is 1.11. The number of aromatic nitrogens is 1. The van der Waals surface area contributed by atoms with Crippen molar-refractivity contribution >= 4 is 10.9 Å². The second-order valence-electron chi connectivity index (χ2n) is 3.63. The Kier molecular flexibility index (Phi) is 1.87. The van der Waals surface area contributed by atoms with Crippen LogP contribution in [0.2, 0.25) is 0 Å². The van der Waals surface area contributed by atoms with Crippen molar-refractivity contribution in [3.8, 4) is 0 Å². The van der Waals surface area contributed by atoms with Crippen molar-refractivity contribution in [1.82, 2.24) is 4.98 Å². The molecule has 2 rings (SSSR count). The van der Waals surface area contributed by atoms with Crippen LogP contribution in [0.3, 0.4) is 0 Å². The molecule has 0 aliphatic carbocycles. The van der Waals surface area contributed by atoms with Crippen molar-refractivity contribution in [3.05, 3.63) is 35.0 Å². The van der Waals surface area contributed by atoms with E-state index >= 15 is 0 Å². The minimum Gasteiger partial charge on any atom is -0.358 e. The highest BCUT2D eigenvalue weighted by molar-refractivity contribution is 5.85. The van der Waals surface area contributed by atoms with Crippen LogP contribution in [0.15, 0.2) is 18.2 Å². The summed E-state index contributed by atoms with van der Waals surface area (Å²) >= 11 is 0. The fraction of sp³-hybridized carbons (Fsp3) is 0.333. The topological polar surface area (TPSA) is 15.8 Å². The standard InChI is InChI=1S/C12H15N/c1-4-10-9(3)13-12-7-8(2)5-6-11(10)12/h5-7,13H,4H2,1-3H3. The summed E-state index contributed by atoms with van der Waals surface area (Å²) in [4.78, 5) is 3.42. The molecule has 2 aromatic rings. The van der Waals surface area contributed by atoms with Crippen LogP contribution in [0.25, 0.3) is 10.9 Å². The fourth-order valence-electron chi connectivity index (χ4n) is 1.96. The highest BCUT2D eigenvalue weighted by Crippen LogP contribution is 2.23. The van der Waals surface area contributed by atoms with E-state index in [2.05, 4.69) is 44.0 Å². The molecule has 0 fully saturated rings. The fourth-order valence-corrected chi connectivity index (χ4v) is 1.96. The summed E-state index contributed by atoms with van der Waals surface area (Å²) < 4.78 is 0. The Morgan fingerprint density at radius 2 is 2.00 bits per heavy atom. The van der Waals surface area contributed by atoms with Gasteiger partial charge >= 0.3 is 0 Å². The molecular weight excluding hydrogens is 158 g/mol. The number of fused-ring (bicyclic) bond motifs is 1. The third-order valence-electron chi connectivity index (χ3n) is 2.63. The molecule has 0 atom stereocenters. The van der Waals surface area contributed by atoms with E-state index in [1.165, 1.54) is 27.7 Å². The predicted octanol–water partition coefficient (Wildman–Crippen LogP) is 3.35. The summed E-state index contributed by atoms with van der Waals surface area (Å²) in [5.41, 5.74) is 5.35. The maximum Gasteiger partial charge on any atom is 0.0461 e. The molecular formula is C12H15N. The summed E-state index contributed by atoms with van der Waals surface area (Å²) in [6, 6.07) is 6.60. The predicted molar refractivity (Wildman–Crippen MR) is 57.2 cm³/mol. The number of hydrogen-bond acceptors (Lipinski definition) is 0. The lowest BCUT2D eigenvalue weighted by Crippen LogP contribution is -1.80. The van der Waals surface area contributed by atoms with Gasteiger partial charge in [-0.15, -0.1) is 0 Å². The third-order valence-corrected chi connectivity index (χ3v) is 2.63. The first-order chi connectivity index (χ1) is 6.22. The lowest BCUT2D eigenvalue weighted by atomic mass is 10.1.